The van der Waals surface area contributed by atoms with Crippen LogP contribution in [0.4, 0.5) is 0 Å². The Morgan fingerprint density at radius 1 is 0.758 bits per heavy atom. The van der Waals surface area contributed by atoms with Crippen LogP contribution in [0, 0.1) is 11.3 Å². The Kier molecular flexibility index (Phi) is 5.04. The number of nitrogens with zero attached hydrogens (tertiary/aromatic N) is 3. The highest BCUT2D eigenvalue weighted by Gasteiger charge is 2.52. The summed E-state index contributed by atoms with van der Waals surface area (Å²) in [6.45, 7) is 8.11. The van der Waals surface area contributed by atoms with Gasteiger partial charge in [-0.3, -0.25) is 0 Å². The lowest BCUT2D eigenvalue weighted by atomic mass is 9.83. The van der Waals surface area contributed by atoms with E-state index < -0.39 is 18.3 Å². The summed E-state index contributed by atoms with van der Waals surface area (Å²) in [6.07, 6.45) is 0. The molecule has 0 spiro atoms. The molecular formula is C27H24BN3O2. The average Bonchev–Trinajstić information content (AvgIpc) is 3.05. The lowest BCUT2D eigenvalue weighted by molar-refractivity contribution is 0.00578. The van der Waals surface area contributed by atoms with Gasteiger partial charge in [-0.25, -0.2) is 9.97 Å². The predicted molar refractivity (Wildman–Crippen MR) is 131 cm³/mol. The van der Waals surface area contributed by atoms with Crippen LogP contribution >= 0.6 is 0 Å². The van der Waals surface area contributed by atoms with Crippen molar-refractivity contribution in [3.8, 4) is 28.7 Å². The van der Waals surface area contributed by atoms with Gasteiger partial charge in [-0.05, 0) is 62.7 Å². The second kappa shape index (κ2) is 7.81. The Morgan fingerprint density at radius 3 is 2.06 bits per heavy atom. The molecule has 0 amide bonds. The first-order valence-electron chi connectivity index (χ1n) is 11.0. The zero-order chi connectivity index (χ0) is 23.2. The summed E-state index contributed by atoms with van der Waals surface area (Å²) in [6, 6.07) is 25.9. The zero-order valence-corrected chi connectivity index (χ0v) is 19.2. The van der Waals surface area contributed by atoms with Crippen LogP contribution in [0.5, 0.6) is 0 Å². The molecule has 0 atom stereocenters. The summed E-state index contributed by atoms with van der Waals surface area (Å²) in [7, 11) is -0.602. The van der Waals surface area contributed by atoms with E-state index in [-0.39, 0.29) is 0 Å². The van der Waals surface area contributed by atoms with Crippen molar-refractivity contribution in [2.45, 2.75) is 38.9 Å². The third-order valence-electron chi connectivity index (χ3n) is 6.56. The first kappa shape index (κ1) is 21.3. The second-order valence-corrected chi connectivity index (χ2v) is 9.34. The normalized spacial score (nSPS) is 16.6. The van der Waals surface area contributed by atoms with E-state index in [2.05, 4.69) is 30.3 Å². The Balaban J connectivity index is 1.65. The van der Waals surface area contributed by atoms with Gasteiger partial charge in [-0.2, -0.15) is 5.26 Å². The fraction of sp³-hybridized carbons (Fsp3) is 0.222. The average molecular weight is 433 g/mol. The van der Waals surface area contributed by atoms with Crippen molar-refractivity contribution in [1.29, 1.82) is 5.26 Å². The molecule has 1 fully saturated rings. The lowest BCUT2D eigenvalue weighted by Gasteiger charge is -2.32. The fourth-order valence-electron chi connectivity index (χ4n) is 3.87. The summed E-state index contributed by atoms with van der Waals surface area (Å²) < 4.78 is 12.6. The monoisotopic (exact) mass is 433 g/mol. The van der Waals surface area contributed by atoms with Gasteiger partial charge in [-0.15, -0.1) is 0 Å². The molecule has 2 heterocycles. The van der Waals surface area contributed by atoms with Crippen LogP contribution in [0.25, 0.3) is 33.4 Å². The maximum Gasteiger partial charge on any atom is 0.514 e. The van der Waals surface area contributed by atoms with Gasteiger partial charge in [0, 0.05) is 11.1 Å². The molecule has 0 N–H and O–H groups in total. The van der Waals surface area contributed by atoms with E-state index in [0.717, 1.165) is 27.6 Å². The minimum atomic E-state index is -0.602. The quantitative estimate of drug-likeness (QED) is 0.419. The molecule has 4 aromatic rings. The van der Waals surface area contributed by atoms with Crippen LogP contribution in [0.2, 0.25) is 0 Å². The maximum atomic E-state index is 9.16. The summed E-state index contributed by atoms with van der Waals surface area (Å²) in [5.41, 5.74) is 2.90. The third kappa shape index (κ3) is 3.91. The number of hydrogen-bond donors (Lipinski definition) is 0. The number of rotatable bonds is 3. The standard InChI is InChI=1S/C27H24BN3O2/c1-26(2)27(3,4)33-28(32-26)24-16-23(20-11-9-18(17-29)10-12-20)30-25(31-24)22-14-13-19-7-5-6-8-21(19)15-22/h5-16H,1-4H3. The van der Waals surface area contributed by atoms with E-state index in [0.29, 0.717) is 17.0 Å². The van der Waals surface area contributed by atoms with Crippen LogP contribution in [-0.2, 0) is 9.31 Å². The van der Waals surface area contributed by atoms with Crippen molar-refractivity contribution in [3.05, 3.63) is 78.4 Å². The summed E-state index contributed by atoms with van der Waals surface area (Å²) >= 11 is 0. The maximum absolute atomic E-state index is 9.16. The van der Waals surface area contributed by atoms with Crippen molar-refractivity contribution in [1.82, 2.24) is 9.97 Å². The Hall–Kier alpha value is -3.53. The number of hydrogen-bond acceptors (Lipinski definition) is 5. The van der Waals surface area contributed by atoms with Gasteiger partial charge in [0.15, 0.2) is 5.82 Å². The van der Waals surface area contributed by atoms with Crippen molar-refractivity contribution in [2.75, 3.05) is 0 Å². The molecule has 1 aliphatic rings. The minimum absolute atomic E-state index is 0.472. The van der Waals surface area contributed by atoms with E-state index in [4.69, 9.17) is 24.5 Å². The van der Waals surface area contributed by atoms with Gasteiger partial charge in [0.1, 0.15) is 0 Å². The SMILES string of the molecule is CC1(C)OB(c2cc(-c3ccc(C#N)cc3)nc(-c3ccc4ccccc4c3)n2)OC1(C)C. The highest BCUT2D eigenvalue weighted by molar-refractivity contribution is 6.61. The molecule has 0 aliphatic carbocycles. The van der Waals surface area contributed by atoms with Crippen molar-refractivity contribution < 1.29 is 9.31 Å². The van der Waals surface area contributed by atoms with Crippen LogP contribution in [0.1, 0.15) is 33.3 Å². The Labute approximate surface area is 194 Å². The molecule has 1 saturated heterocycles. The molecule has 6 heteroatoms. The highest BCUT2D eigenvalue weighted by Crippen LogP contribution is 2.36. The molecule has 0 saturated carbocycles. The Bertz CT molecular complexity index is 1370. The lowest BCUT2D eigenvalue weighted by Crippen LogP contribution is -2.41. The van der Waals surface area contributed by atoms with E-state index >= 15 is 0 Å². The van der Waals surface area contributed by atoms with Gasteiger partial charge in [0.05, 0.1) is 34.1 Å². The third-order valence-corrected chi connectivity index (χ3v) is 6.56. The van der Waals surface area contributed by atoms with Gasteiger partial charge in [-0.1, -0.05) is 48.5 Å². The summed E-state index contributed by atoms with van der Waals surface area (Å²) in [5, 5.41) is 11.4. The molecule has 0 radical (unpaired) electrons. The number of nitriles is 1. The van der Waals surface area contributed by atoms with Crippen LogP contribution < -0.4 is 5.59 Å². The second-order valence-electron chi connectivity index (χ2n) is 9.34. The zero-order valence-electron chi connectivity index (χ0n) is 19.2. The smallest absolute Gasteiger partial charge is 0.398 e. The molecule has 5 rings (SSSR count). The summed E-state index contributed by atoms with van der Waals surface area (Å²) in [4.78, 5) is 9.74. The molecule has 3 aromatic carbocycles. The summed E-state index contributed by atoms with van der Waals surface area (Å²) in [5.74, 6) is 0.604. The fourth-order valence-corrected chi connectivity index (χ4v) is 3.87. The highest BCUT2D eigenvalue weighted by atomic mass is 16.7. The van der Waals surface area contributed by atoms with Crippen LogP contribution in [0.15, 0.2) is 72.8 Å². The van der Waals surface area contributed by atoms with E-state index in [9.17, 15) is 0 Å². The van der Waals surface area contributed by atoms with Gasteiger partial charge in [0.25, 0.3) is 0 Å². The van der Waals surface area contributed by atoms with Crippen LogP contribution in [0.3, 0.4) is 0 Å². The van der Waals surface area contributed by atoms with E-state index in [1.807, 2.05) is 64.1 Å². The van der Waals surface area contributed by atoms with Crippen molar-refractivity contribution >= 4 is 23.5 Å². The number of fused-ring (bicyclic) bond motifs is 1. The van der Waals surface area contributed by atoms with Gasteiger partial charge in [0.2, 0.25) is 0 Å². The first-order chi connectivity index (χ1) is 15.8. The van der Waals surface area contributed by atoms with Crippen LogP contribution in [-0.4, -0.2) is 28.3 Å². The molecule has 1 aliphatic heterocycles. The van der Waals surface area contributed by atoms with E-state index in [1.54, 1.807) is 12.1 Å². The van der Waals surface area contributed by atoms with Gasteiger partial charge >= 0.3 is 7.12 Å². The van der Waals surface area contributed by atoms with Gasteiger partial charge < -0.3 is 9.31 Å². The largest absolute Gasteiger partial charge is 0.514 e. The molecule has 0 bridgehead atoms. The molecule has 162 valence electrons. The minimum Gasteiger partial charge on any atom is -0.398 e. The number of benzene rings is 3. The molecule has 33 heavy (non-hydrogen) atoms. The Morgan fingerprint density at radius 2 is 1.39 bits per heavy atom. The molecular weight excluding hydrogens is 409 g/mol. The first-order valence-corrected chi connectivity index (χ1v) is 11.0. The van der Waals surface area contributed by atoms with E-state index in [1.165, 1.54) is 0 Å². The molecule has 0 unspecified atom stereocenters. The molecule has 1 aromatic heterocycles. The van der Waals surface area contributed by atoms with Crippen molar-refractivity contribution in [3.63, 3.8) is 0 Å². The predicted octanol–water partition coefficient (Wildman–Crippen LogP) is 5.13. The number of aromatic nitrogens is 2. The van der Waals surface area contributed by atoms with Crippen molar-refractivity contribution in [2.24, 2.45) is 0 Å². The molecule has 5 nitrogen and oxygen atoms in total. The topological polar surface area (TPSA) is 68.0 Å².